The lowest BCUT2D eigenvalue weighted by Crippen LogP contribution is -2.24. The van der Waals surface area contributed by atoms with Crippen molar-refractivity contribution in [2.75, 3.05) is 12.4 Å². The Labute approximate surface area is 64.2 Å². The van der Waals surface area contributed by atoms with Crippen molar-refractivity contribution in [3.05, 3.63) is 0 Å². The van der Waals surface area contributed by atoms with Gasteiger partial charge in [0.05, 0.1) is 11.1 Å². The van der Waals surface area contributed by atoms with Crippen LogP contribution < -0.4 is 5.32 Å². The highest BCUT2D eigenvalue weighted by atomic mass is 32.2. The van der Waals surface area contributed by atoms with E-state index in [2.05, 4.69) is 5.32 Å². The highest BCUT2D eigenvalue weighted by molar-refractivity contribution is 8.01. The van der Waals surface area contributed by atoms with Crippen molar-refractivity contribution >= 4 is 17.7 Å². The molecule has 1 heterocycles. The average Bonchev–Trinajstić information content (AvgIpc) is 2.31. The molecule has 0 bridgehead atoms. The molecule has 1 amide bonds. The zero-order valence-electron chi connectivity index (χ0n) is 5.67. The molecular weight excluding hydrogens is 150 g/mol. The van der Waals surface area contributed by atoms with Crippen LogP contribution in [-0.2, 0) is 4.79 Å². The van der Waals surface area contributed by atoms with Crippen LogP contribution in [-0.4, -0.2) is 28.7 Å². The molecule has 1 fully saturated rings. The summed E-state index contributed by atoms with van der Waals surface area (Å²) in [5, 5.41) is 11.5. The molecule has 0 aromatic carbocycles. The summed E-state index contributed by atoms with van der Waals surface area (Å²) in [6.07, 6.45) is 1.66. The smallest absolute Gasteiger partial charge is 0.230 e. The predicted octanol–water partition coefficient (Wildman–Crippen LogP) is -0.0520. The number of aliphatic hydroxyl groups is 1. The first-order valence-electron chi connectivity index (χ1n) is 3.35. The monoisotopic (exact) mass is 161 g/mol. The van der Waals surface area contributed by atoms with Crippen molar-refractivity contribution in [1.82, 2.24) is 5.32 Å². The van der Waals surface area contributed by atoms with E-state index >= 15 is 0 Å². The van der Waals surface area contributed by atoms with Crippen molar-refractivity contribution in [1.29, 1.82) is 0 Å². The van der Waals surface area contributed by atoms with Crippen LogP contribution in [0.2, 0.25) is 0 Å². The standard InChI is InChI=1S/C6H11NO2S/c8-3-1-2-6-7-5(9)4-10-6/h6,8H,1-4H2,(H,7,9). The first kappa shape index (κ1) is 7.88. The second-order valence-electron chi connectivity index (χ2n) is 2.23. The van der Waals surface area contributed by atoms with Gasteiger partial charge in [0.15, 0.2) is 0 Å². The molecule has 3 nitrogen and oxygen atoms in total. The second-order valence-corrected chi connectivity index (χ2v) is 3.42. The van der Waals surface area contributed by atoms with Crippen LogP contribution in [0.4, 0.5) is 0 Å². The minimum atomic E-state index is 0.118. The fourth-order valence-electron chi connectivity index (χ4n) is 0.871. The van der Waals surface area contributed by atoms with E-state index < -0.39 is 0 Å². The van der Waals surface area contributed by atoms with Crippen LogP contribution in [0.15, 0.2) is 0 Å². The van der Waals surface area contributed by atoms with Crippen LogP contribution in [0.5, 0.6) is 0 Å². The Morgan fingerprint density at radius 3 is 3.10 bits per heavy atom. The number of hydrogen-bond donors (Lipinski definition) is 2. The lowest BCUT2D eigenvalue weighted by atomic mass is 10.3. The van der Waals surface area contributed by atoms with Gasteiger partial charge >= 0.3 is 0 Å². The molecule has 1 atom stereocenters. The van der Waals surface area contributed by atoms with Gasteiger partial charge in [-0.2, -0.15) is 0 Å². The highest BCUT2D eigenvalue weighted by Crippen LogP contribution is 2.18. The molecule has 0 aliphatic carbocycles. The summed E-state index contributed by atoms with van der Waals surface area (Å²) in [4.78, 5) is 10.6. The van der Waals surface area contributed by atoms with Crippen LogP contribution >= 0.6 is 11.8 Å². The average molecular weight is 161 g/mol. The largest absolute Gasteiger partial charge is 0.396 e. The fraction of sp³-hybridized carbons (Fsp3) is 0.833. The lowest BCUT2D eigenvalue weighted by Gasteiger charge is -2.05. The topological polar surface area (TPSA) is 49.3 Å². The zero-order chi connectivity index (χ0) is 7.40. The van der Waals surface area contributed by atoms with E-state index in [1.807, 2.05) is 0 Å². The summed E-state index contributed by atoms with van der Waals surface area (Å²) >= 11 is 1.62. The van der Waals surface area contributed by atoms with Gasteiger partial charge in [-0.3, -0.25) is 4.79 Å². The molecule has 1 rings (SSSR count). The molecule has 0 radical (unpaired) electrons. The molecule has 1 saturated heterocycles. The molecule has 1 unspecified atom stereocenters. The Kier molecular flexibility index (Phi) is 3.02. The van der Waals surface area contributed by atoms with Gasteiger partial charge < -0.3 is 10.4 Å². The number of carbonyl (C=O) groups is 1. The van der Waals surface area contributed by atoms with E-state index in [-0.39, 0.29) is 17.9 Å². The molecule has 0 aromatic heterocycles. The first-order chi connectivity index (χ1) is 4.83. The van der Waals surface area contributed by atoms with E-state index in [4.69, 9.17) is 5.11 Å². The summed E-state index contributed by atoms with van der Waals surface area (Å²) in [6, 6.07) is 0. The van der Waals surface area contributed by atoms with Crippen LogP contribution in [0.25, 0.3) is 0 Å². The van der Waals surface area contributed by atoms with Crippen molar-refractivity contribution in [3.8, 4) is 0 Å². The molecule has 4 heteroatoms. The highest BCUT2D eigenvalue weighted by Gasteiger charge is 2.19. The maximum Gasteiger partial charge on any atom is 0.230 e. The van der Waals surface area contributed by atoms with Crippen LogP contribution in [0, 0.1) is 0 Å². The Morgan fingerprint density at radius 1 is 1.80 bits per heavy atom. The number of rotatable bonds is 3. The number of thioether (sulfide) groups is 1. The number of nitrogens with one attached hydrogen (secondary N) is 1. The van der Waals surface area contributed by atoms with Gasteiger partial charge in [0.2, 0.25) is 5.91 Å². The molecule has 0 aromatic rings. The summed E-state index contributed by atoms with van der Waals surface area (Å²) in [6.45, 7) is 0.215. The summed E-state index contributed by atoms with van der Waals surface area (Å²) in [5.41, 5.74) is 0. The summed E-state index contributed by atoms with van der Waals surface area (Å²) in [7, 11) is 0. The lowest BCUT2D eigenvalue weighted by molar-refractivity contribution is -0.118. The predicted molar refractivity (Wildman–Crippen MR) is 40.7 cm³/mol. The molecule has 0 saturated carbocycles. The molecular formula is C6H11NO2S. The van der Waals surface area contributed by atoms with Gasteiger partial charge in [-0.1, -0.05) is 0 Å². The summed E-state index contributed by atoms with van der Waals surface area (Å²) in [5.74, 6) is 0.698. The Bertz CT molecular complexity index is 129. The van der Waals surface area contributed by atoms with Gasteiger partial charge in [0.25, 0.3) is 0 Å². The summed E-state index contributed by atoms with van der Waals surface area (Å²) < 4.78 is 0. The second kappa shape index (κ2) is 3.83. The third-order valence-corrected chi connectivity index (χ3v) is 2.55. The van der Waals surface area contributed by atoms with Crippen molar-refractivity contribution in [2.45, 2.75) is 18.2 Å². The van der Waals surface area contributed by atoms with Gasteiger partial charge in [-0.05, 0) is 12.8 Å². The zero-order valence-corrected chi connectivity index (χ0v) is 6.49. The SMILES string of the molecule is O=C1CSC(CCCO)N1. The van der Waals surface area contributed by atoms with Gasteiger partial charge in [0, 0.05) is 6.61 Å². The maximum absolute atomic E-state index is 10.6. The van der Waals surface area contributed by atoms with E-state index in [9.17, 15) is 4.79 Å². The normalized spacial score (nSPS) is 24.9. The van der Waals surface area contributed by atoms with Gasteiger partial charge in [-0.15, -0.1) is 11.8 Å². The Morgan fingerprint density at radius 2 is 2.60 bits per heavy atom. The Hall–Kier alpha value is -0.220. The van der Waals surface area contributed by atoms with Crippen molar-refractivity contribution in [2.24, 2.45) is 0 Å². The maximum atomic E-state index is 10.6. The van der Waals surface area contributed by atoms with E-state index in [1.165, 1.54) is 0 Å². The van der Waals surface area contributed by atoms with Gasteiger partial charge in [0.1, 0.15) is 0 Å². The third kappa shape index (κ3) is 2.19. The van der Waals surface area contributed by atoms with Crippen molar-refractivity contribution < 1.29 is 9.90 Å². The van der Waals surface area contributed by atoms with Crippen molar-refractivity contribution in [3.63, 3.8) is 0 Å². The molecule has 10 heavy (non-hydrogen) atoms. The van der Waals surface area contributed by atoms with E-state index in [1.54, 1.807) is 11.8 Å². The quantitative estimate of drug-likeness (QED) is 0.610. The Balaban J connectivity index is 2.12. The molecule has 0 spiro atoms. The molecule has 2 N–H and O–H groups in total. The number of carbonyl (C=O) groups excluding carboxylic acids is 1. The van der Waals surface area contributed by atoms with Crippen LogP contribution in [0.3, 0.4) is 0 Å². The number of aliphatic hydroxyl groups excluding tert-OH is 1. The molecule has 1 aliphatic rings. The minimum Gasteiger partial charge on any atom is -0.396 e. The molecule has 58 valence electrons. The third-order valence-electron chi connectivity index (χ3n) is 1.36. The van der Waals surface area contributed by atoms with E-state index in [0.29, 0.717) is 5.75 Å². The fourth-order valence-corrected chi connectivity index (χ4v) is 1.86. The molecule has 1 aliphatic heterocycles. The van der Waals surface area contributed by atoms with Gasteiger partial charge in [-0.25, -0.2) is 0 Å². The van der Waals surface area contributed by atoms with Crippen LogP contribution in [0.1, 0.15) is 12.8 Å². The van der Waals surface area contributed by atoms with E-state index in [0.717, 1.165) is 12.8 Å². The number of amides is 1. The first-order valence-corrected chi connectivity index (χ1v) is 4.39. The number of hydrogen-bond acceptors (Lipinski definition) is 3. The minimum absolute atomic E-state index is 0.118.